The number of hydrogen-bond acceptors (Lipinski definition) is 5. The van der Waals surface area contributed by atoms with Gasteiger partial charge in [0.05, 0.1) is 16.5 Å². The summed E-state index contributed by atoms with van der Waals surface area (Å²) in [4.78, 5) is 24.0. The van der Waals surface area contributed by atoms with Crippen LogP contribution in [0.15, 0.2) is 18.2 Å². The van der Waals surface area contributed by atoms with Crippen molar-refractivity contribution in [2.24, 2.45) is 5.92 Å². The number of amides is 2. The van der Waals surface area contributed by atoms with Crippen LogP contribution in [0.5, 0.6) is 0 Å². The lowest BCUT2D eigenvalue weighted by atomic mass is 10.2. The third-order valence-corrected chi connectivity index (χ3v) is 4.30. The minimum Gasteiger partial charge on any atom is -0.481 e. The molecular formula is C14H14ClFN4O3S. The minimum absolute atomic E-state index is 0.0337. The Hall–Kier alpha value is -2.26. The molecule has 2 amide bonds. The molecule has 0 aliphatic heterocycles. The Balaban J connectivity index is 2.09. The fourth-order valence-electron chi connectivity index (χ4n) is 1.84. The number of nitrogens with zero attached hydrogens (tertiary/aromatic N) is 3. The fraction of sp³-hybridized carbons (Fsp3) is 0.286. The average Bonchev–Trinajstić information content (AvgIpc) is 2.94. The first-order chi connectivity index (χ1) is 11.3. The Kier molecular flexibility index (Phi) is 5.68. The summed E-state index contributed by atoms with van der Waals surface area (Å²) in [5.41, 5.74) is 0.116. The minimum atomic E-state index is -0.998. The van der Waals surface area contributed by atoms with Crippen molar-refractivity contribution in [1.29, 1.82) is 0 Å². The van der Waals surface area contributed by atoms with Gasteiger partial charge in [-0.2, -0.15) is 0 Å². The third kappa shape index (κ3) is 4.18. The average molecular weight is 373 g/mol. The Morgan fingerprint density at radius 2 is 2.17 bits per heavy atom. The third-order valence-electron chi connectivity index (χ3n) is 3.13. The second-order valence-electron chi connectivity index (χ2n) is 5.06. The first-order valence-electron chi connectivity index (χ1n) is 6.82. The lowest BCUT2D eigenvalue weighted by Crippen LogP contribution is -2.36. The lowest BCUT2D eigenvalue weighted by Gasteiger charge is -2.18. The molecule has 24 heavy (non-hydrogen) atoms. The Bertz CT molecular complexity index is 750. The quantitative estimate of drug-likeness (QED) is 0.840. The molecule has 2 rings (SSSR count). The van der Waals surface area contributed by atoms with Crippen LogP contribution in [0.1, 0.15) is 6.92 Å². The lowest BCUT2D eigenvalue weighted by molar-refractivity contribution is -0.141. The Morgan fingerprint density at radius 3 is 2.79 bits per heavy atom. The molecule has 1 aromatic carbocycles. The van der Waals surface area contributed by atoms with Gasteiger partial charge in [0.15, 0.2) is 5.01 Å². The van der Waals surface area contributed by atoms with E-state index >= 15 is 0 Å². The zero-order valence-electron chi connectivity index (χ0n) is 12.8. The van der Waals surface area contributed by atoms with Crippen molar-refractivity contribution in [3.8, 4) is 10.6 Å². The molecule has 0 fully saturated rings. The molecule has 1 atom stereocenters. The number of carbonyl (C=O) groups is 2. The van der Waals surface area contributed by atoms with E-state index < -0.39 is 23.7 Å². The van der Waals surface area contributed by atoms with Crippen LogP contribution in [0.3, 0.4) is 0 Å². The standard InChI is InChI=1S/C14H14ClFN4O3S/c1-7(12(21)22)6-20(2)14(23)17-13-19-18-11(24-13)10-8(15)4-3-5-9(10)16/h3-5,7H,6H2,1-2H3,(H,21,22)(H,17,19,23). The highest BCUT2D eigenvalue weighted by molar-refractivity contribution is 7.18. The van der Waals surface area contributed by atoms with E-state index in [0.29, 0.717) is 0 Å². The van der Waals surface area contributed by atoms with E-state index in [0.717, 1.165) is 11.3 Å². The monoisotopic (exact) mass is 372 g/mol. The van der Waals surface area contributed by atoms with Crippen molar-refractivity contribution < 1.29 is 19.1 Å². The van der Waals surface area contributed by atoms with Gasteiger partial charge in [-0.15, -0.1) is 10.2 Å². The van der Waals surface area contributed by atoms with Crippen molar-refractivity contribution in [3.63, 3.8) is 0 Å². The molecule has 0 aliphatic carbocycles. The van der Waals surface area contributed by atoms with Gasteiger partial charge in [0, 0.05) is 13.6 Å². The van der Waals surface area contributed by atoms with E-state index in [9.17, 15) is 14.0 Å². The van der Waals surface area contributed by atoms with Gasteiger partial charge in [0.2, 0.25) is 5.13 Å². The summed E-state index contributed by atoms with van der Waals surface area (Å²) in [6, 6.07) is 3.72. The molecule has 1 unspecified atom stereocenters. The van der Waals surface area contributed by atoms with Crippen molar-refractivity contribution >= 4 is 40.1 Å². The van der Waals surface area contributed by atoms with Crippen molar-refractivity contribution in [2.75, 3.05) is 18.9 Å². The molecule has 2 N–H and O–H groups in total. The molecular weight excluding hydrogens is 359 g/mol. The number of aromatic nitrogens is 2. The molecule has 128 valence electrons. The van der Waals surface area contributed by atoms with Gasteiger partial charge in [-0.1, -0.05) is 35.9 Å². The van der Waals surface area contributed by atoms with Crippen LogP contribution in [-0.2, 0) is 4.79 Å². The normalized spacial score (nSPS) is 11.8. The number of benzene rings is 1. The topological polar surface area (TPSA) is 95.4 Å². The summed E-state index contributed by atoms with van der Waals surface area (Å²) in [7, 11) is 1.46. The van der Waals surface area contributed by atoms with Crippen LogP contribution in [0.4, 0.5) is 14.3 Å². The van der Waals surface area contributed by atoms with Crippen LogP contribution in [0.25, 0.3) is 10.6 Å². The van der Waals surface area contributed by atoms with Crippen LogP contribution < -0.4 is 5.32 Å². The number of rotatable bonds is 5. The molecule has 2 aromatic rings. The highest BCUT2D eigenvalue weighted by Crippen LogP contribution is 2.33. The van der Waals surface area contributed by atoms with Crippen molar-refractivity contribution in [3.05, 3.63) is 29.0 Å². The zero-order chi connectivity index (χ0) is 17.9. The molecule has 0 spiro atoms. The molecule has 10 heteroatoms. The van der Waals surface area contributed by atoms with Crippen molar-refractivity contribution in [2.45, 2.75) is 6.92 Å². The molecule has 0 saturated heterocycles. The van der Waals surface area contributed by atoms with E-state index in [1.54, 1.807) is 0 Å². The number of carboxylic acid groups (broad SMARTS) is 1. The molecule has 1 heterocycles. The number of anilines is 1. The predicted molar refractivity (Wildman–Crippen MR) is 88.8 cm³/mol. The molecule has 0 bridgehead atoms. The van der Waals surface area contributed by atoms with Crippen LogP contribution in [0.2, 0.25) is 5.02 Å². The number of nitrogens with one attached hydrogen (secondary N) is 1. The Morgan fingerprint density at radius 1 is 1.46 bits per heavy atom. The zero-order valence-corrected chi connectivity index (χ0v) is 14.4. The number of halogens is 2. The van der Waals surface area contributed by atoms with Gasteiger partial charge in [0.1, 0.15) is 5.82 Å². The second kappa shape index (κ2) is 7.54. The van der Waals surface area contributed by atoms with E-state index in [1.165, 1.54) is 37.1 Å². The number of carbonyl (C=O) groups excluding carboxylic acids is 1. The van der Waals surface area contributed by atoms with Gasteiger partial charge in [-0.3, -0.25) is 10.1 Å². The molecule has 0 radical (unpaired) electrons. The maximum atomic E-state index is 13.9. The van der Waals surface area contributed by atoms with E-state index in [-0.39, 0.29) is 27.3 Å². The smallest absolute Gasteiger partial charge is 0.323 e. The molecule has 0 aliphatic rings. The van der Waals surface area contributed by atoms with Gasteiger partial charge >= 0.3 is 12.0 Å². The van der Waals surface area contributed by atoms with Gasteiger partial charge in [-0.25, -0.2) is 9.18 Å². The summed E-state index contributed by atoms with van der Waals surface area (Å²) < 4.78 is 13.9. The van der Waals surface area contributed by atoms with Crippen molar-refractivity contribution in [1.82, 2.24) is 15.1 Å². The van der Waals surface area contributed by atoms with Gasteiger partial charge in [0.25, 0.3) is 0 Å². The second-order valence-corrected chi connectivity index (χ2v) is 6.44. The first-order valence-corrected chi connectivity index (χ1v) is 8.02. The summed E-state index contributed by atoms with van der Waals surface area (Å²) in [6.45, 7) is 1.53. The number of aliphatic carboxylic acids is 1. The first kappa shape index (κ1) is 18.1. The van der Waals surface area contributed by atoms with Gasteiger partial charge in [-0.05, 0) is 12.1 Å². The molecule has 1 aromatic heterocycles. The Labute approximate surface area is 146 Å². The van der Waals surface area contributed by atoms with Crippen LogP contribution in [0, 0.1) is 11.7 Å². The summed E-state index contributed by atoms with van der Waals surface area (Å²) in [6.07, 6.45) is 0. The maximum absolute atomic E-state index is 13.9. The fourth-order valence-corrected chi connectivity index (χ4v) is 2.94. The van der Waals surface area contributed by atoms with E-state index in [2.05, 4.69) is 15.5 Å². The SMILES string of the molecule is CC(CN(C)C(=O)Nc1nnc(-c2c(F)cccc2Cl)s1)C(=O)O. The predicted octanol–water partition coefficient (Wildman–Crippen LogP) is 3.18. The summed E-state index contributed by atoms with van der Waals surface area (Å²) in [5.74, 6) is -2.24. The van der Waals surface area contributed by atoms with Crippen LogP contribution in [-0.4, -0.2) is 45.8 Å². The number of hydrogen-bond donors (Lipinski definition) is 2. The largest absolute Gasteiger partial charge is 0.481 e. The maximum Gasteiger partial charge on any atom is 0.323 e. The van der Waals surface area contributed by atoms with E-state index in [1.807, 2.05) is 0 Å². The highest BCUT2D eigenvalue weighted by atomic mass is 35.5. The number of urea groups is 1. The summed E-state index contributed by atoms with van der Waals surface area (Å²) >= 11 is 6.93. The summed E-state index contributed by atoms with van der Waals surface area (Å²) in [5, 5.41) is 19.5. The molecule has 7 nitrogen and oxygen atoms in total. The molecule has 0 saturated carbocycles. The van der Waals surface area contributed by atoms with Gasteiger partial charge < -0.3 is 10.0 Å². The van der Waals surface area contributed by atoms with E-state index in [4.69, 9.17) is 16.7 Å². The highest BCUT2D eigenvalue weighted by Gasteiger charge is 2.20. The number of carboxylic acids is 1. The van der Waals surface area contributed by atoms with Crippen LogP contribution >= 0.6 is 22.9 Å².